The van der Waals surface area contributed by atoms with Gasteiger partial charge in [0.15, 0.2) is 0 Å². The molecule has 0 radical (unpaired) electrons. The standard InChI is InChI=1S/C13H17F2NO/c14-10-5-12(15)11(7-16)13(6-10)17-8-9-3-1-2-4-9/h5-6,9H,1-4,7-8,16H2. The molecule has 1 aromatic carbocycles. The van der Waals surface area contributed by atoms with Crippen LogP contribution in [0.2, 0.25) is 0 Å². The van der Waals surface area contributed by atoms with Gasteiger partial charge in [-0.2, -0.15) is 0 Å². The molecule has 0 atom stereocenters. The number of halogens is 2. The van der Waals surface area contributed by atoms with E-state index in [0.717, 1.165) is 18.9 Å². The van der Waals surface area contributed by atoms with Crippen LogP contribution in [0.5, 0.6) is 5.75 Å². The summed E-state index contributed by atoms with van der Waals surface area (Å²) in [6.45, 7) is 0.544. The van der Waals surface area contributed by atoms with Crippen LogP contribution < -0.4 is 10.5 Å². The van der Waals surface area contributed by atoms with Gasteiger partial charge >= 0.3 is 0 Å². The molecule has 94 valence electrons. The van der Waals surface area contributed by atoms with E-state index >= 15 is 0 Å². The molecule has 0 aromatic heterocycles. The van der Waals surface area contributed by atoms with Crippen LogP contribution in [0.3, 0.4) is 0 Å². The van der Waals surface area contributed by atoms with Gasteiger partial charge in [-0.15, -0.1) is 0 Å². The van der Waals surface area contributed by atoms with E-state index in [0.29, 0.717) is 12.5 Å². The van der Waals surface area contributed by atoms with Crippen molar-refractivity contribution < 1.29 is 13.5 Å². The molecule has 0 bridgehead atoms. The summed E-state index contributed by atoms with van der Waals surface area (Å²) in [4.78, 5) is 0. The number of rotatable bonds is 4. The first kappa shape index (κ1) is 12.3. The van der Waals surface area contributed by atoms with Crippen LogP contribution in [-0.2, 0) is 6.54 Å². The summed E-state index contributed by atoms with van der Waals surface area (Å²) in [5, 5.41) is 0. The van der Waals surface area contributed by atoms with Gasteiger partial charge in [0.1, 0.15) is 17.4 Å². The number of benzene rings is 1. The second-order valence-electron chi connectivity index (χ2n) is 4.53. The predicted molar refractivity (Wildman–Crippen MR) is 61.7 cm³/mol. The third kappa shape index (κ3) is 2.94. The van der Waals surface area contributed by atoms with E-state index in [1.165, 1.54) is 18.9 Å². The van der Waals surface area contributed by atoms with Crippen LogP contribution in [0, 0.1) is 17.6 Å². The van der Waals surface area contributed by atoms with Gasteiger partial charge in [0.2, 0.25) is 0 Å². The lowest BCUT2D eigenvalue weighted by Gasteiger charge is -2.14. The van der Waals surface area contributed by atoms with Crippen molar-refractivity contribution in [3.63, 3.8) is 0 Å². The van der Waals surface area contributed by atoms with Crippen molar-refractivity contribution in [3.8, 4) is 5.75 Å². The lowest BCUT2D eigenvalue weighted by Crippen LogP contribution is -2.11. The monoisotopic (exact) mass is 241 g/mol. The van der Waals surface area contributed by atoms with E-state index in [9.17, 15) is 8.78 Å². The molecule has 0 unspecified atom stereocenters. The quantitative estimate of drug-likeness (QED) is 0.879. The summed E-state index contributed by atoms with van der Waals surface area (Å²) in [6, 6.07) is 2.05. The molecule has 1 aliphatic carbocycles. The maximum atomic E-state index is 13.4. The minimum absolute atomic E-state index is 0.0200. The van der Waals surface area contributed by atoms with Crippen LogP contribution in [-0.4, -0.2) is 6.61 Å². The number of nitrogens with two attached hydrogens (primary N) is 1. The lowest BCUT2D eigenvalue weighted by molar-refractivity contribution is 0.247. The minimum atomic E-state index is -0.631. The Hall–Kier alpha value is -1.16. The molecular weight excluding hydrogens is 224 g/mol. The van der Waals surface area contributed by atoms with Crippen molar-refractivity contribution in [2.24, 2.45) is 11.7 Å². The Labute approximate surface area is 99.8 Å². The van der Waals surface area contributed by atoms with Gasteiger partial charge in [-0.3, -0.25) is 0 Å². The van der Waals surface area contributed by atoms with Crippen molar-refractivity contribution in [2.45, 2.75) is 32.2 Å². The van der Waals surface area contributed by atoms with Crippen LogP contribution in [0.15, 0.2) is 12.1 Å². The fourth-order valence-corrected chi connectivity index (χ4v) is 2.29. The van der Waals surface area contributed by atoms with Gasteiger partial charge < -0.3 is 10.5 Å². The third-order valence-corrected chi connectivity index (χ3v) is 3.27. The maximum Gasteiger partial charge on any atom is 0.134 e. The third-order valence-electron chi connectivity index (χ3n) is 3.27. The Balaban J connectivity index is 2.07. The van der Waals surface area contributed by atoms with Crippen molar-refractivity contribution >= 4 is 0 Å². The summed E-state index contributed by atoms with van der Waals surface area (Å²) in [7, 11) is 0. The first-order valence-corrected chi connectivity index (χ1v) is 6.01. The fourth-order valence-electron chi connectivity index (χ4n) is 2.29. The molecule has 0 heterocycles. The van der Waals surface area contributed by atoms with E-state index in [1.54, 1.807) is 0 Å². The number of ether oxygens (including phenoxy) is 1. The highest BCUT2D eigenvalue weighted by Gasteiger charge is 2.17. The molecule has 1 aromatic rings. The van der Waals surface area contributed by atoms with Gasteiger partial charge in [-0.05, 0) is 18.8 Å². The summed E-state index contributed by atoms with van der Waals surface area (Å²) >= 11 is 0. The van der Waals surface area contributed by atoms with E-state index in [-0.39, 0.29) is 17.9 Å². The summed E-state index contributed by atoms with van der Waals surface area (Å²) in [6.07, 6.45) is 4.70. The van der Waals surface area contributed by atoms with Gasteiger partial charge in [0.25, 0.3) is 0 Å². The zero-order valence-corrected chi connectivity index (χ0v) is 9.72. The number of hydrogen-bond acceptors (Lipinski definition) is 2. The predicted octanol–water partition coefficient (Wildman–Crippen LogP) is 2.99. The average Bonchev–Trinajstić information content (AvgIpc) is 2.78. The largest absolute Gasteiger partial charge is 0.493 e. The van der Waals surface area contributed by atoms with E-state index < -0.39 is 11.6 Å². The van der Waals surface area contributed by atoms with Crippen molar-refractivity contribution in [3.05, 3.63) is 29.3 Å². The fraction of sp³-hybridized carbons (Fsp3) is 0.538. The smallest absolute Gasteiger partial charge is 0.134 e. The van der Waals surface area contributed by atoms with Crippen LogP contribution >= 0.6 is 0 Å². The van der Waals surface area contributed by atoms with Crippen molar-refractivity contribution in [2.75, 3.05) is 6.61 Å². The highest BCUT2D eigenvalue weighted by molar-refractivity contribution is 5.35. The van der Waals surface area contributed by atoms with Crippen LogP contribution in [0.1, 0.15) is 31.2 Å². The minimum Gasteiger partial charge on any atom is -0.493 e. The summed E-state index contributed by atoms with van der Waals surface area (Å²) < 4.78 is 32.0. The highest BCUT2D eigenvalue weighted by atomic mass is 19.1. The Morgan fingerprint density at radius 1 is 1.24 bits per heavy atom. The first-order chi connectivity index (χ1) is 8.20. The molecular formula is C13H17F2NO. The van der Waals surface area contributed by atoms with Crippen molar-refractivity contribution in [1.82, 2.24) is 0 Å². The Morgan fingerprint density at radius 2 is 1.94 bits per heavy atom. The van der Waals surface area contributed by atoms with Crippen LogP contribution in [0.4, 0.5) is 8.78 Å². The zero-order valence-electron chi connectivity index (χ0n) is 9.72. The molecule has 0 spiro atoms. The van der Waals surface area contributed by atoms with Crippen molar-refractivity contribution in [1.29, 1.82) is 0 Å². The second kappa shape index (κ2) is 5.45. The molecule has 0 amide bonds. The van der Waals surface area contributed by atoms with Gasteiger partial charge in [0.05, 0.1) is 6.61 Å². The molecule has 2 rings (SSSR count). The molecule has 2 nitrogen and oxygen atoms in total. The molecule has 17 heavy (non-hydrogen) atoms. The van der Waals surface area contributed by atoms with Gasteiger partial charge in [-0.1, -0.05) is 12.8 Å². The van der Waals surface area contributed by atoms with E-state index in [2.05, 4.69) is 0 Å². The highest BCUT2D eigenvalue weighted by Crippen LogP contribution is 2.28. The van der Waals surface area contributed by atoms with Gasteiger partial charge in [0, 0.05) is 24.2 Å². The summed E-state index contributed by atoms with van der Waals surface area (Å²) in [5.74, 6) is -0.501. The average molecular weight is 241 g/mol. The van der Waals surface area contributed by atoms with Crippen LogP contribution in [0.25, 0.3) is 0 Å². The molecule has 0 aliphatic heterocycles. The Kier molecular flexibility index (Phi) is 3.94. The Bertz CT molecular complexity index is 389. The first-order valence-electron chi connectivity index (χ1n) is 6.01. The molecule has 2 N–H and O–H groups in total. The molecule has 4 heteroatoms. The second-order valence-corrected chi connectivity index (χ2v) is 4.53. The SMILES string of the molecule is NCc1c(F)cc(F)cc1OCC1CCCC1. The molecule has 0 saturated heterocycles. The summed E-state index contributed by atoms with van der Waals surface area (Å²) in [5.41, 5.74) is 5.70. The maximum absolute atomic E-state index is 13.4. The lowest BCUT2D eigenvalue weighted by atomic mass is 10.1. The topological polar surface area (TPSA) is 35.2 Å². The molecule has 1 aliphatic rings. The molecule has 1 saturated carbocycles. The van der Waals surface area contributed by atoms with Gasteiger partial charge in [-0.25, -0.2) is 8.78 Å². The Morgan fingerprint density at radius 3 is 2.59 bits per heavy atom. The molecule has 1 fully saturated rings. The van der Waals surface area contributed by atoms with E-state index in [4.69, 9.17) is 10.5 Å². The van der Waals surface area contributed by atoms with E-state index in [1.807, 2.05) is 0 Å². The normalized spacial score (nSPS) is 16.4. The zero-order chi connectivity index (χ0) is 12.3. The number of hydrogen-bond donors (Lipinski definition) is 1.